The molecule has 0 bridgehead atoms. The Kier molecular flexibility index (Phi) is 66.4. The molecule has 0 amide bonds. The van der Waals surface area contributed by atoms with Crippen LogP contribution in [0, 0.1) is 0 Å². The largest absolute Gasteiger partial charge is 0.480 e. The van der Waals surface area contributed by atoms with Crippen LogP contribution in [0.25, 0.3) is 0 Å². The van der Waals surface area contributed by atoms with E-state index in [0.29, 0.717) is 187 Å². The van der Waals surface area contributed by atoms with Crippen LogP contribution in [0.3, 0.4) is 0 Å². The second kappa shape index (κ2) is 70.6. The number of thiocarbonyl (C=S) groups is 2. The fourth-order valence-electron chi connectivity index (χ4n) is 11.8. The van der Waals surface area contributed by atoms with E-state index in [9.17, 15) is 79.2 Å². The van der Waals surface area contributed by atoms with Gasteiger partial charge < -0.3 is 114 Å². The van der Waals surface area contributed by atoms with Gasteiger partial charge in [0.1, 0.15) is 0 Å². The summed E-state index contributed by atoms with van der Waals surface area (Å²) >= 11 is 10.9. The van der Waals surface area contributed by atoms with Gasteiger partial charge >= 0.3 is 47.8 Å². The normalized spacial score (nSPS) is 16.4. The van der Waals surface area contributed by atoms with Gasteiger partial charge in [0.25, 0.3) is 0 Å². The predicted octanol–water partition coefficient (Wildman–Crippen LogP) is -0.894. The number of carbonyl (C=O) groups is 8. The minimum Gasteiger partial charge on any atom is -0.480 e. The van der Waals surface area contributed by atoms with Gasteiger partial charge in [-0.3, -0.25) is 77.6 Å². The molecule has 2 heterocycles. The molecule has 2 aromatic rings. The first-order chi connectivity index (χ1) is 55.4. The Labute approximate surface area is 746 Å². The zero-order valence-electron chi connectivity index (χ0n) is 67.6. The molecule has 0 aromatic heterocycles. The Balaban J connectivity index is 0.00000115. The number of rotatable bonds is 57. The second-order valence-corrected chi connectivity index (χ2v) is 27.3. The van der Waals surface area contributed by atoms with Gasteiger partial charge in [-0.2, -0.15) is 0 Å². The molecule has 660 valence electrons. The van der Waals surface area contributed by atoms with Crippen LogP contribution in [0.4, 0.5) is 11.4 Å². The van der Waals surface area contributed by atoms with Crippen molar-refractivity contribution in [1.82, 2.24) is 49.8 Å². The van der Waals surface area contributed by atoms with Gasteiger partial charge in [0.05, 0.1) is 184 Å². The standard InChI is InChI=1S/C38H64N6O14S.C36H60N6O13S.2Y/c1-2-53-15-16-55-19-20-57-23-24-58-22-21-56-18-17-54-14-7-39-38(59)40-32-5-3-31(4-6-32)25-33-26-43(29-36(49)50)11-10-41(27-34(45)46)8-9-42(28-35(47)48)12-13-44(33)30-37(51)52;1-2-51-15-16-53-19-20-55-22-21-54-18-17-52-14-7-37-36(56)38-30-5-3-29(4-6-30)23-31-24-41(27-34(47)48)11-10-39(25-32(43)44)8-9-40(26-33(45)46)12-13-42(31)28-35(49)50;;/h3-6,33H,2,7-30H2,1H3,(H,45,46)(H,47,48)(H,49,50)(H,51,52)(H2,39,40,59);3-6,31H,2,7-28H2,1H3,(H,43,44)(H,45,46)(H,47,48)(H,49,50)(H2,37,38,56);;. The number of nitrogens with zero attached hydrogens (tertiary/aromatic N) is 8. The summed E-state index contributed by atoms with van der Waals surface area (Å²) in [7, 11) is 0. The maximum absolute atomic E-state index is 12.0. The third-order valence-corrected chi connectivity index (χ3v) is 17.8. The molecule has 4 rings (SSSR count). The van der Waals surface area contributed by atoms with Crippen molar-refractivity contribution in [2.75, 3.05) is 313 Å². The molecule has 2 atom stereocenters. The summed E-state index contributed by atoms with van der Waals surface area (Å²) in [6, 6.07) is 13.9. The Morgan fingerprint density at radius 3 is 0.744 bits per heavy atom. The molecule has 39 nitrogen and oxygen atoms in total. The molecule has 117 heavy (non-hydrogen) atoms. The predicted molar refractivity (Wildman–Crippen MR) is 430 cm³/mol. The Morgan fingerprint density at radius 1 is 0.308 bits per heavy atom. The number of nitrogens with one attached hydrogen (secondary N) is 4. The molecule has 2 fully saturated rings. The van der Waals surface area contributed by atoms with Crippen LogP contribution >= 0.6 is 24.4 Å². The minimum atomic E-state index is -1.07. The number of carboxylic acids is 8. The molecule has 0 aliphatic carbocycles. The second-order valence-electron chi connectivity index (χ2n) is 26.4. The average Bonchev–Trinajstić information content (AvgIpc) is 0.855. The number of anilines is 2. The van der Waals surface area contributed by atoms with Crippen molar-refractivity contribution in [1.29, 1.82) is 0 Å². The summed E-state index contributed by atoms with van der Waals surface area (Å²) in [6.45, 7) is 16.3. The Hall–Kier alpha value is -4.97. The maximum atomic E-state index is 12.0. The van der Waals surface area contributed by atoms with Crippen molar-refractivity contribution in [2.24, 2.45) is 0 Å². The maximum Gasteiger partial charge on any atom is 0.317 e. The van der Waals surface area contributed by atoms with E-state index in [1.807, 2.05) is 62.4 Å². The summed E-state index contributed by atoms with van der Waals surface area (Å²) in [5, 5.41) is 90.2. The van der Waals surface area contributed by atoms with Gasteiger partial charge in [-0.05, 0) is 86.5 Å². The molecule has 43 heteroatoms. The summed E-state index contributed by atoms with van der Waals surface area (Å²) in [4.78, 5) is 108. The molecule has 2 radical (unpaired) electrons. The van der Waals surface area contributed by atoms with Crippen molar-refractivity contribution in [3.05, 3.63) is 59.7 Å². The van der Waals surface area contributed by atoms with Gasteiger partial charge in [0.15, 0.2) is 10.2 Å². The number of carboxylic acid groups (broad SMARTS) is 8. The van der Waals surface area contributed by atoms with Crippen LogP contribution < -0.4 is 21.3 Å². The van der Waals surface area contributed by atoms with Crippen molar-refractivity contribution >= 4 is 93.8 Å². The molecule has 12 N–H and O–H groups in total. The summed E-state index contributed by atoms with van der Waals surface area (Å²) < 4.78 is 59.7. The topological polar surface area (TPSA) is 474 Å². The SMILES string of the molecule is CCOCCOCCOCCOCCOCCNC(=S)Nc1ccc(CC2CN(CC(=O)O)CCN(CC(=O)O)CCN(CC(=O)O)CCN2CC(=O)O)cc1.CCOCCOCCOCCOCCOCCOCCNC(=S)Nc1ccc(CC2CN(CC(=O)O)CCN(CC(=O)O)CCN(CC(=O)O)CCN2CC(=O)O)cc1.[Y].[Y]. The molecule has 0 saturated carbocycles. The monoisotopic (exact) mass is 1850 g/mol. The fraction of sp³-hybridized carbons (Fsp3) is 0.703. The molecule has 0 spiro atoms. The smallest absolute Gasteiger partial charge is 0.317 e. The van der Waals surface area contributed by atoms with Crippen LogP contribution in [0.1, 0.15) is 25.0 Å². The van der Waals surface area contributed by atoms with E-state index in [1.54, 1.807) is 39.2 Å². The average molecular weight is 1860 g/mol. The number of ether oxygens (including phenoxy) is 11. The van der Waals surface area contributed by atoms with Crippen LogP contribution in [0.2, 0.25) is 0 Å². The third-order valence-electron chi connectivity index (χ3n) is 17.3. The molecular weight excluding hydrogens is 1730 g/mol. The zero-order chi connectivity index (χ0) is 84.1. The van der Waals surface area contributed by atoms with Gasteiger partial charge in [0.2, 0.25) is 0 Å². The minimum absolute atomic E-state index is 0. The number of aliphatic carboxylic acids is 8. The van der Waals surface area contributed by atoms with Crippen LogP contribution in [0.15, 0.2) is 48.5 Å². The molecule has 2 aliphatic heterocycles. The van der Waals surface area contributed by atoms with E-state index < -0.39 is 59.8 Å². The molecular formula is C74H124N12O27S2Y2. The van der Waals surface area contributed by atoms with E-state index in [-0.39, 0.29) is 209 Å². The first-order valence-corrected chi connectivity index (χ1v) is 39.4. The third kappa shape index (κ3) is 60.2. The van der Waals surface area contributed by atoms with Gasteiger partial charge in [-0.15, -0.1) is 0 Å². The quantitative estimate of drug-likeness (QED) is 0.0282. The summed E-state index contributed by atoms with van der Waals surface area (Å²) in [6.07, 6.45) is 0.725. The number of hydrogen-bond acceptors (Lipinski definition) is 29. The van der Waals surface area contributed by atoms with E-state index in [2.05, 4.69) is 21.3 Å². The summed E-state index contributed by atoms with van der Waals surface area (Å²) in [5.74, 6) is -8.50. The molecule has 2 saturated heterocycles. The van der Waals surface area contributed by atoms with E-state index in [4.69, 9.17) is 76.5 Å². The summed E-state index contributed by atoms with van der Waals surface area (Å²) in [5.41, 5.74) is 3.15. The van der Waals surface area contributed by atoms with E-state index in [1.165, 1.54) is 0 Å². The molecule has 2 aromatic carbocycles. The van der Waals surface area contributed by atoms with Gasteiger partial charge in [-0.25, -0.2) is 0 Å². The van der Waals surface area contributed by atoms with Crippen molar-refractivity contribution in [3.63, 3.8) is 0 Å². The van der Waals surface area contributed by atoms with Crippen LogP contribution in [-0.2, 0) is 169 Å². The Morgan fingerprint density at radius 2 is 0.513 bits per heavy atom. The molecule has 2 aliphatic rings. The first-order valence-electron chi connectivity index (χ1n) is 38.6. The number of hydrogen-bond donors (Lipinski definition) is 12. The fourth-order valence-corrected chi connectivity index (χ4v) is 12.2. The van der Waals surface area contributed by atoms with E-state index >= 15 is 0 Å². The van der Waals surface area contributed by atoms with Crippen molar-refractivity contribution < 1.29 is 197 Å². The van der Waals surface area contributed by atoms with Gasteiger partial charge in [0, 0.05) is 207 Å². The first kappa shape index (κ1) is 110. The number of benzene rings is 2. The van der Waals surface area contributed by atoms with Crippen LogP contribution in [0.5, 0.6) is 0 Å². The van der Waals surface area contributed by atoms with Crippen molar-refractivity contribution in [2.45, 2.75) is 38.8 Å². The van der Waals surface area contributed by atoms with Crippen molar-refractivity contribution in [3.8, 4) is 0 Å². The van der Waals surface area contributed by atoms with E-state index in [0.717, 1.165) is 16.8 Å². The molecule has 2 unspecified atom stereocenters. The van der Waals surface area contributed by atoms with Crippen LogP contribution in [-0.4, -0.2) is 453 Å². The zero-order valence-corrected chi connectivity index (χ0v) is 74.9. The Bertz CT molecular complexity index is 3060. The van der Waals surface area contributed by atoms with Gasteiger partial charge in [-0.1, -0.05) is 24.3 Å².